The first-order valence-electron chi connectivity index (χ1n) is 4.84. The van der Waals surface area contributed by atoms with E-state index in [1.54, 1.807) is 11.3 Å². The van der Waals surface area contributed by atoms with E-state index in [-0.39, 0.29) is 0 Å². The molecule has 0 aliphatic carbocycles. The molecule has 0 N–H and O–H groups in total. The molecule has 1 aromatic carbocycles. The Labute approximate surface area is 92.7 Å². The van der Waals surface area contributed by atoms with Crippen molar-refractivity contribution in [1.82, 2.24) is 0 Å². The van der Waals surface area contributed by atoms with Crippen LogP contribution in [0.15, 0.2) is 29.6 Å². The van der Waals surface area contributed by atoms with Crippen LogP contribution >= 0.6 is 11.3 Å². The first kappa shape index (κ1) is 10.2. The summed E-state index contributed by atoms with van der Waals surface area (Å²) in [7, 11) is 0. The summed E-state index contributed by atoms with van der Waals surface area (Å²) in [5, 5.41) is 12.2. The summed E-state index contributed by atoms with van der Waals surface area (Å²) in [6.45, 7) is 2.46. The number of hydrogen-bond acceptors (Lipinski definition) is 3. The van der Waals surface area contributed by atoms with Gasteiger partial charge in [0.2, 0.25) is 0 Å². The van der Waals surface area contributed by atoms with Crippen LogP contribution in [0, 0.1) is 11.3 Å². The highest BCUT2D eigenvalue weighted by molar-refractivity contribution is 7.17. The Balaban J connectivity index is 2.47. The summed E-state index contributed by atoms with van der Waals surface area (Å²) in [6.07, 6.45) is -0.439. The number of benzene rings is 1. The minimum atomic E-state index is -0.439. The second-order valence-corrected chi connectivity index (χ2v) is 4.06. The molecule has 0 aliphatic rings. The molecule has 15 heavy (non-hydrogen) atoms. The highest BCUT2D eigenvalue weighted by Gasteiger charge is 2.14. The summed E-state index contributed by atoms with van der Waals surface area (Å²) in [5.41, 5.74) is 0.986. The van der Waals surface area contributed by atoms with Gasteiger partial charge in [0.15, 0.2) is 6.10 Å². The van der Waals surface area contributed by atoms with E-state index < -0.39 is 6.10 Å². The predicted octanol–water partition coefficient (Wildman–Crippen LogP) is 3.50. The smallest absolute Gasteiger partial charge is 0.170 e. The average molecular weight is 217 g/mol. The highest BCUT2D eigenvalue weighted by Crippen LogP contribution is 2.31. The van der Waals surface area contributed by atoms with Crippen molar-refractivity contribution >= 4 is 21.4 Å². The van der Waals surface area contributed by atoms with Crippen molar-refractivity contribution in [3.8, 4) is 6.07 Å². The Kier molecular flexibility index (Phi) is 3.00. The molecule has 0 fully saturated rings. The zero-order chi connectivity index (χ0) is 10.7. The molecule has 0 aliphatic heterocycles. The molecule has 2 rings (SSSR count). The Bertz CT molecular complexity index is 498. The molecule has 0 saturated carbocycles. The first-order chi connectivity index (χ1) is 7.36. The van der Waals surface area contributed by atoms with Crippen LogP contribution in [0.4, 0.5) is 0 Å². The Hall–Kier alpha value is -1.37. The fourth-order valence-corrected chi connectivity index (χ4v) is 2.54. The normalized spacial score (nSPS) is 12.5. The molecular weight excluding hydrogens is 206 g/mol. The number of rotatable bonds is 3. The van der Waals surface area contributed by atoms with Gasteiger partial charge >= 0.3 is 0 Å². The number of nitriles is 1. The van der Waals surface area contributed by atoms with E-state index >= 15 is 0 Å². The Morgan fingerprint density at radius 3 is 3.00 bits per heavy atom. The van der Waals surface area contributed by atoms with Gasteiger partial charge in [-0.25, -0.2) is 0 Å². The van der Waals surface area contributed by atoms with Crippen LogP contribution < -0.4 is 0 Å². The van der Waals surface area contributed by atoms with Gasteiger partial charge < -0.3 is 4.74 Å². The van der Waals surface area contributed by atoms with E-state index in [0.717, 1.165) is 10.9 Å². The number of fused-ring (bicyclic) bond motifs is 1. The number of ether oxygens (including phenoxy) is 1. The largest absolute Gasteiger partial charge is 0.359 e. The molecule has 3 heteroatoms. The van der Waals surface area contributed by atoms with Crippen molar-refractivity contribution in [2.24, 2.45) is 0 Å². The average Bonchev–Trinajstić information content (AvgIpc) is 2.70. The lowest BCUT2D eigenvalue weighted by Crippen LogP contribution is -2.00. The summed E-state index contributed by atoms with van der Waals surface area (Å²) in [6, 6.07) is 10.3. The van der Waals surface area contributed by atoms with E-state index in [1.165, 1.54) is 4.70 Å². The maximum absolute atomic E-state index is 9.02. The van der Waals surface area contributed by atoms with Crippen molar-refractivity contribution in [3.63, 3.8) is 0 Å². The van der Waals surface area contributed by atoms with Gasteiger partial charge in [0.05, 0.1) is 6.07 Å². The lowest BCUT2D eigenvalue weighted by Gasteiger charge is -2.07. The predicted molar refractivity (Wildman–Crippen MR) is 61.8 cm³/mol. The SMILES string of the molecule is CCOC(C#N)c1csc2ccccc12. The lowest BCUT2D eigenvalue weighted by molar-refractivity contribution is 0.103. The summed E-state index contributed by atoms with van der Waals surface area (Å²) in [5.74, 6) is 0. The number of hydrogen-bond donors (Lipinski definition) is 0. The molecule has 1 aromatic heterocycles. The van der Waals surface area contributed by atoms with Gasteiger partial charge in [-0.15, -0.1) is 11.3 Å². The van der Waals surface area contributed by atoms with Gasteiger partial charge in [0.25, 0.3) is 0 Å². The van der Waals surface area contributed by atoms with Crippen LogP contribution in [0.1, 0.15) is 18.6 Å². The molecule has 0 spiro atoms. The van der Waals surface area contributed by atoms with Crippen LogP contribution in [-0.4, -0.2) is 6.61 Å². The fourth-order valence-electron chi connectivity index (χ4n) is 1.56. The molecule has 76 valence electrons. The molecule has 1 atom stereocenters. The topological polar surface area (TPSA) is 33.0 Å². The second kappa shape index (κ2) is 4.43. The summed E-state index contributed by atoms with van der Waals surface area (Å²) in [4.78, 5) is 0. The number of nitrogens with zero attached hydrogens (tertiary/aromatic N) is 1. The van der Waals surface area contributed by atoms with Crippen LogP contribution in [0.25, 0.3) is 10.1 Å². The minimum absolute atomic E-state index is 0.439. The molecule has 1 heterocycles. The van der Waals surface area contributed by atoms with Crippen molar-refractivity contribution in [2.45, 2.75) is 13.0 Å². The first-order valence-corrected chi connectivity index (χ1v) is 5.72. The molecule has 2 aromatic rings. The van der Waals surface area contributed by atoms with Crippen molar-refractivity contribution in [1.29, 1.82) is 5.26 Å². The monoisotopic (exact) mass is 217 g/mol. The van der Waals surface area contributed by atoms with Crippen molar-refractivity contribution < 1.29 is 4.74 Å². The maximum atomic E-state index is 9.02. The molecule has 0 bridgehead atoms. The Morgan fingerprint density at radius 2 is 2.27 bits per heavy atom. The minimum Gasteiger partial charge on any atom is -0.359 e. The molecule has 0 saturated heterocycles. The van der Waals surface area contributed by atoms with Crippen LogP contribution in [0.2, 0.25) is 0 Å². The van der Waals surface area contributed by atoms with Gasteiger partial charge in [-0.1, -0.05) is 18.2 Å². The third-order valence-electron chi connectivity index (χ3n) is 2.24. The molecular formula is C12H11NOS. The third-order valence-corrected chi connectivity index (χ3v) is 3.23. The van der Waals surface area contributed by atoms with Gasteiger partial charge in [0, 0.05) is 16.9 Å². The lowest BCUT2D eigenvalue weighted by atomic mass is 10.1. The van der Waals surface area contributed by atoms with Gasteiger partial charge in [-0.3, -0.25) is 0 Å². The second-order valence-electron chi connectivity index (χ2n) is 3.15. The van der Waals surface area contributed by atoms with Gasteiger partial charge in [-0.05, 0) is 23.8 Å². The zero-order valence-corrected chi connectivity index (χ0v) is 9.25. The van der Waals surface area contributed by atoms with Gasteiger partial charge in [-0.2, -0.15) is 5.26 Å². The van der Waals surface area contributed by atoms with Crippen molar-refractivity contribution in [3.05, 3.63) is 35.2 Å². The van der Waals surface area contributed by atoms with Crippen molar-refractivity contribution in [2.75, 3.05) is 6.61 Å². The summed E-state index contributed by atoms with van der Waals surface area (Å²) >= 11 is 1.65. The quantitative estimate of drug-likeness (QED) is 0.788. The van der Waals surface area contributed by atoms with E-state index in [0.29, 0.717) is 6.61 Å². The maximum Gasteiger partial charge on any atom is 0.170 e. The molecule has 0 radical (unpaired) electrons. The van der Waals surface area contributed by atoms with Crippen LogP contribution in [0.5, 0.6) is 0 Å². The highest BCUT2D eigenvalue weighted by atomic mass is 32.1. The van der Waals surface area contributed by atoms with E-state index in [4.69, 9.17) is 10.00 Å². The van der Waals surface area contributed by atoms with E-state index in [2.05, 4.69) is 12.1 Å². The Morgan fingerprint density at radius 1 is 1.47 bits per heavy atom. The summed E-state index contributed by atoms with van der Waals surface area (Å²) < 4.78 is 6.59. The fraction of sp³-hybridized carbons (Fsp3) is 0.250. The zero-order valence-electron chi connectivity index (χ0n) is 8.43. The number of thiophene rings is 1. The molecule has 0 amide bonds. The van der Waals surface area contributed by atoms with Crippen LogP contribution in [-0.2, 0) is 4.74 Å². The van der Waals surface area contributed by atoms with Gasteiger partial charge in [0.1, 0.15) is 0 Å². The molecule has 1 unspecified atom stereocenters. The van der Waals surface area contributed by atoms with E-state index in [1.807, 2.05) is 30.5 Å². The third kappa shape index (κ3) is 1.87. The molecule has 2 nitrogen and oxygen atoms in total. The van der Waals surface area contributed by atoms with E-state index in [9.17, 15) is 0 Å². The van der Waals surface area contributed by atoms with Crippen LogP contribution in [0.3, 0.4) is 0 Å². The standard InChI is InChI=1S/C12H11NOS/c1-2-14-11(7-13)10-8-15-12-6-4-3-5-9(10)12/h3-6,8,11H,2H2,1H3.